The first kappa shape index (κ1) is 7.75. The first-order valence-electron chi connectivity index (χ1n) is 1.80. The van der Waals surface area contributed by atoms with Crippen molar-refractivity contribution < 1.29 is 4.55 Å². The molecular formula is C3H8BrNOS. The summed E-state index contributed by atoms with van der Waals surface area (Å²) in [6, 6.07) is 0. The summed E-state index contributed by atoms with van der Waals surface area (Å²) < 4.78 is 9.87. The molecule has 0 fully saturated rings. The average molecular weight is 186 g/mol. The van der Waals surface area contributed by atoms with Gasteiger partial charge in [0.25, 0.3) is 0 Å². The molecule has 0 aliphatic rings. The third-order valence-corrected chi connectivity index (χ3v) is 2.39. The van der Waals surface area contributed by atoms with Crippen LogP contribution in [0, 0.1) is 0 Å². The quantitative estimate of drug-likeness (QED) is 0.485. The van der Waals surface area contributed by atoms with E-state index in [-0.39, 0.29) is 0 Å². The highest BCUT2D eigenvalue weighted by atomic mass is 79.9. The molecule has 1 atom stereocenters. The fourth-order valence-electron chi connectivity index (χ4n) is 0. The van der Waals surface area contributed by atoms with Crippen molar-refractivity contribution in [2.24, 2.45) is 5.14 Å². The van der Waals surface area contributed by atoms with Gasteiger partial charge in [-0.2, -0.15) is 5.14 Å². The monoisotopic (exact) mass is 185 g/mol. The van der Waals surface area contributed by atoms with Gasteiger partial charge < -0.3 is 4.55 Å². The Bertz CT molecular complexity index is 60.4. The van der Waals surface area contributed by atoms with Crippen molar-refractivity contribution in [3.8, 4) is 0 Å². The van der Waals surface area contributed by atoms with E-state index in [1.807, 2.05) is 0 Å². The molecule has 4 heteroatoms. The molecule has 44 valence electrons. The molecule has 2 N–H and O–H groups in total. The van der Waals surface area contributed by atoms with Crippen LogP contribution in [0.15, 0.2) is 0 Å². The van der Waals surface area contributed by atoms with Gasteiger partial charge in [-0.3, -0.25) is 0 Å². The highest BCUT2D eigenvalue weighted by molar-refractivity contribution is 9.11. The number of hydrogen-bond donors (Lipinski definition) is 1. The van der Waals surface area contributed by atoms with E-state index in [0.29, 0.717) is 0 Å². The standard InChI is InChI=1S/C3H8BrNOS/c1-3(2,4)7(5)6/h5H2,1-2H3. The van der Waals surface area contributed by atoms with Gasteiger partial charge in [0.05, 0.1) is 11.4 Å². The summed E-state index contributed by atoms with van der Waals surface area (Å²) in [5.74, 6) is 0. The lowest BCUT2D eigenvalue weighted by Gasteiger charge is -2.15. The van der Waals surface area contributed by atoms with Crippen LogP contribution in [0.1, 0.15) is 13.8 Å². The molecule has 1 unspecified atom stereocenters. The van der Waals surface area contributed by atoms with Gasteiger partial charge in [-0.25, -0.2) is 0 Å². The Labute approximate surface area is 54.9 Å². The summed E-state index contributed by atoms with van der Waals surface area (Å²) in [7, 11) is 0. The third kappa shape index (κ3) is 3.34. The summed E-state index contributed by atoms with van der Waals surface area (Å²) in [6.07, 6.45) is 0. The number of hydrogen-bond acceptors (Lipinski definition) is 2. The van der Waals surface area contributed by atoms with Crippen molar-refractivity contribution in [3.63, 3.8) is 0 Å². The number of rotatable bonds is 1. The molecule has 0 bridgehead atoms. The molecule has 0 aromatic heterocycles. The van der Waals surface area contributed by atoms with Gasteiger partial charge in [-0.15, -0.1) is 0 Å². The molecule has 0 saturated heterocycles. The van der Waals surface area contributed by atoms with Crippen LogP contribution in [0.2, 0.25) is 0 Å². The summed E-state index contributed by atoms with van der Waals surface area (Å²) in [4.78, 5) is 0. The molecule has 0 saturated carbocycles. The van der Waals surface area contributed by atoms with Gasteiger partial charge in [0, 0.05) is 0 Å². The summed E-state index contributed by atoms with van der Waals surface area (Å²) in [6.45, 7) is 3.51. The number of nitrogens with two attached hydrogens (primary N) is 1. The van der Waals surface area contributed by atoms with Crippen molar-refractivity contribution in [1.29, 1.82) is 0 Å². The first-order valence-corrected chi connectivity index (χ1v) is 3.80. The van der Waals surface area contributed by atoms with Crippen LogP contribution in [0.25, 0.3) is 0 Å². The van der Waals surface area contributed by atoms with Gasteiger partial charge in [0.1, 0.15) is 0 Å². The molecule has 0 radical (unpaired) electrons. The van der Waals surface area contributed by atoms with Gasteiger partial charge in [0.15, 0.2) is 3.66 Å². The van der Waals surface area contributed by atoms with Crippen LogP contribution in [0.5, 0.6) is 0 Å². The lowest BCUT2D eigenvalue weighted by Crippen LogP contribution is -2.31. The number of alkyl halides is 1. The fourth-order valence-corrected chi connectivity index (χ4v) is 0. The summed E-state index contributed by atoms with van der Waals surface area (Å²) >= 11 is 1.85. The molecule has 0 spiro atoms. The SMILES string of the molecule is CC(C)(Br)[S+](N)[O-]. The molecule has 0 heterocycles. The Morgan fingerprint density at radius 3 is 1.86 bits per heavy atom. The van der Waals surface area contributed by atoms with Crippen LogP contribution < -0.4 is 5.14 Å². The molecule has 0 rings (SSSR count). The van der Waals surface area contributed by atoms with E-state index in [1.165, 1.54) is 0 Å². The average Bonchev–Trinajstić information content (AvgIpc) is 1.31. The molecule has 0 aromatic rings. The largest absolute Gasteiger partial charge is 0.597 e. The van der Waals surface area contributed by atoms with E-state index < -0.39 is 15.0 Å². The van der Waals surface area contributed by atoms with Crippen LogP contribution >= 0.6 is 15.9 Å². The maximum atomic E-state index is 10.3. The third-order valence-electron chi connectivity index (χ3n) is 0.478. The molecule has 0 aromatic carbocycles. The molecular weight excluding hydrogens is 178 g/mol. The lowest BCUT2D eigenvalue weighted by molar-refractivity contribution is 0.584. The Kier molecular flexibility index (Phi) is 2.60. The van der Waals surface area contributed by atoms with Gasteiger partial charge >= 0.3 is 0 Å². The molecule has 0 aliphatic carbocycles. The Balaban J connectivity index is 3.54. The van der Waals surface area contributed by atoms with Crippen LogP contribution in [-0.4, -0.2) is 8.21 Å². The second-order valence-corrected chi connectivity index (χ2v) is 5.78. The van der Waals surface area contributed by atoms with Gasteiger partial charge in [-0.05, 0) is 29.8 Å². The normalized spacial score (nSPS) is 16.7. The van der Waals surface area contributed by atoms with E-state index in [4.69, 9.17) is 5.14 Å². The Morgan fingerprint density at radius 1 is 1.71 bits per heavy atom. The zero-order valence-corrected chi connectivity index (χ0v) is 6.67. The molecule has 0 amide bonds. The topological polar surface area (TPSA) is 49.1 Å². The van der Waals surface area contributed by atoms with E-state index in [1.54, 1.807) is 13.8 Å². The molecule has 7 heavy (non-hydrogen) atoms. The van der Waals surface area contributed by atoms with Crippen molar-refractivity contribution in [2.45, 2.75) is 17.5 Å². The van der Waals surface area contributed by atoms with E-state index in [9.17, 15) is 4.55 Å². The van der Waals surface area contributed by atoms with Crippen molar-refractivity contribution in [3.05, 3.63) is 0 Å². The summed E-state index contributed by atoms with van der Waals surface area (Å²) in [5.41, 5.74) is 0. The molecule has 2 nitrogen and oxygen atoms in total. The Morgan fingerprint density at radius 2 is 1.86 bits per heavy atom. The van der Waals surface area contributed by atoms with E-state index in [2.05, 4.69) is 15.9 Å². The highest BCUT2D eigenvalue weighted by Crippen LogP contribution is 2.19. The first-order chi connectivity index (χ1) is 2.94. The predicted octanol–water partition coefficient (Wildman–Crippen LogP) is 0.740. The zero-order chi connectivity index (χ0) is 6.08. The van der Waals surface area contributed by atoms with Gasteiger partial charge in [0.2, 0.25) is 0 Å². The van der Waals surface area contributed by atoms with Crippen LogP contribution in [0.4, 0.5) is 0 Å². The van der Waals surface area contributed by atoms with Crippen molar-refractivity contribution in [2.75, 3.05) is 0 Å². The fraction of sp³-hybridized carbons (Fsp3) is 1.00. The van der Waals surface area contributed by atoms with Crippen molar-refractivity contribution in [1.82, 2.24) is 0 Å². The maximum Gasteiger partial charge on any atom is 0.192 e. The highest BCUT2D eigenvalue weighted by Gasteiger charge is 2.24. The minimum absolute atomic E-state index is 0.438. The Hall–Kier alpha value is 0.750. The van der Waals surface area contributed by atoms with Crippen molar-refractivity contribution >= 4 is 27.3 Å². The second-order valence-electron chi connectivity index (χ2n) is 1.66. The second kappa shape index (κ2) is 2.35. The van der Waals surface area contributed by atoms with E-state index >= 15 is 0 Å². The minimum Gasteiger partial charge on any atom is -0.597 e. The predicted molar refractivity (Wildman–Crippen MR) is 35.3 cm³/mol. The summed E-state index contributed by atoms with van der Waals surface area (Å²) in [5, 5.41) is 4.99. The van der Waals surface area contributed by atoms with Crippen LogP contribution in [-0.2, 0) is 11.4 Å². The minimum atomic E-state index is -1.27. The van der Waals surface area contributed by atoms with E-state index in [0.717, 1.165) is 0 Å². The van der Waals surface area contributed by atoms with Gasteiger partial charge in [-0.1, -0.05) is 0 Å². The number of halogens is 1. The van der Waals surface area contributed by atoms with Crippen LogP contribution in [0.3, 0.4) is 0 Å². The lowest BCUT2D eigenvalue weighted by atomic mass is 10.6. The maximum absolute atomic E-state index is 10.3. The molecule has 0 aliphatic heterocycles. The zero-order valence-electron chi connectivity index (χ0n) is 4.27. The smallest absolute Gasteiger partial charge is 0.192 e.